The Morgan fingerprint density at radius 2 is 0.863 bits per heavy atom. The molecule has 12 aromatic rings. The summed E-state index contributed by atoms with van der Waals surface area (Å²) >= 11 is 0. The lowest BCUT2D eigenvalue weighted by molar-refractivity contribution is 0.590. The van der Waals surface area contributed by atoms with Crippen molar-refractivity contribution in [2.75, 3.05) is 9.80 Å². The molecule has 80 heavy (non-hydrogen) atoms. The molecule has 3 aliphatic heterocycles. The van der Waals surface area contributed by atoms with E-state index in [9.17, 15) is 32.9 Å². The zero-order chi connectivity index (χ0) is 78.3. The van der Waals surface area contributed by atoms with Gasteiger partial charge in [0.15, 0.2) is 0 Å². The third kappa shape index (κ3) is 6.83. The highest BCUT2D eigenvalue weighted by Gasteiger charge is 2.47. The summed E-state index contributed by atoms with van der Waals surface area (Å²) in [7, 11) is 0. The van der Waals surface area contributed by atoms with Crippen LogP contribution in [0, 0.1) is 0 Å². The van der Waals surface area contributed by atoms with E-state index in [4.69, 9.17) is 7.16 Å². The van der Waals surface area contributed by atoms with Crippen LogP contribution in [0.3, 0.4) is 0 Å². The largest absolute Gasteiger partial charge is 0.456 e. The van der Waals surface area contributed by atoms with E-state index in [2.05, 4.69) is 0 Å². The lowest BCUT2D eigenvalue weighted by Gasteiger charge is -2.47. The second-order valence-electron chi connectivity index (χ2n) is 26.6. The maximum atomic E-state index is 11.4. The van der Waals surface area contributed by atoms with Gasteiger partial charge in [-0.2, -0.15) is 0 Å². The van der Waals surface area contributed by atoms with E-state index in [0.717, 1.165) is 9.47 Å². The quantitative estimate of drug-likeness (QED) is 0.162. The van der Waals surface area contributed by atoms with Crippen LogP contribution in [-0.2, 0) is 27.1 Å². The van der Waals surface area contributed by atoms with Gasteiger partial charge >= 0.3 is 0 Å². The second-order valence-corrected chi connectivity index (χ2v) is 26.6. The average molecular weight is 1070 g/mol. The number of benzene rings is 9. The van der Waals surface area contributed by atoms with Gasteiger partial charge in [0.05, 0.1) is 85.8 Å². The van der Waals surface area contributed by atoms with Crippen LogP contribution in [0.1, 0.15) is 167 Å². The van der Waals surface area contributed by atoms with Crippen LogP contribution in [0.5, 0.6) is 0 Å². The predicted molar refractivity (Wildman–Crippen MR) is 343 cm³/mol. The Morgan fingerprint density at radius 1 is 0.362 bits per heavy atom. The molecule has 396 valence electrons. The first-order valence-electron chi connectivity index (χ1n) is 40.0. The van der Waals surface area contributed by atoms with Gasteiger partial charge < -0.3 is 23.4 Å². The molecular formula is C74H71BN4O. The van der Waals surface area contributed by atoms with Crippen LogP contribution >= 0.6 is 0 Å². The van der Waals surface area contributed by atoms with Gasteiger partial charge in [-0.25, -0.2) is 0 Å². The summed E-state index contributed by atoms with van der Waals surface area (Å²) in [4.78, 5) is 2.52. The first-order chi connectivity index (χ1) is 48.8. The van der Waals surface area contributed by atoms with Gasteiger partial charge in [-0.15, -0.1) is 0 Å². The molecule has 3 aliphatic rings. The molecule has 0 N–H and O–H groups in total. The van der Waals surface area contributed by atoms with Crippen molar-refractivity contribution in [2.45, 2.75) is 131 Å². The molecular weight excluding hydrogens is 972 g/mol. The number of anilines is 6. The Kier molecular flexibility index (Phi) is 5.76. The molecule has 9 aromatic carbocycles. The number of furan rings is 1. The van der Waals surface area contributed by atoms with Crippen molar-refractivity contribution < 1.29 is 40.1 Å². The average Bonchev–Trinajstić information content (AvgIpc) is 1.20. The second kappa shape index (κ2) is 15.9. The van der Waals surface area contributed by atoms with E-state index in [1.807, 2.05) is 0 Å². The number of fused-ring (bicyclic) bond motifs is 15. The SMILES string of the molecule is [2H]c1c([2H])c2c3c(c1[2H])-n1c4c([2H])c([2H])c(C(C)(C)C)c([2H])c4c4c([2H])c(C(C)(C)C)c([2H])c(c41)N3c1c([2H])c(C(C)(C)C)c([2H])c3c1B2c1c([2H])c([2H])c(-n2c4c([2H])c([2H])c(C(C)(C)C)c([2H])c4c4c([2H])c(C(C)(C)C)c([2H])c([2H])c42)c([2H])c1N3c1c([2H])c([2H])c([2H])c2oc3c([2H])c([2H])c([2H])c([2H])c3c12. The van der Waals surface area contributed by atoms with Crippen molar-refractivity contribution >= 4 is 123 Å². The number of aromatic nitrogens is 2. The summed E-state index contributed by atoms with van der Waals surface area (Å²) in [5.41, 5.74) is -12.0. The molecule has 0 fully saturated rings. The lowest BCUT2D eigenvalue weighted by atomic mass is 9.33. The third-order valence-corrected chi connectivity index (χ3v) is 15.7. The van der Waals surface area contributed by atoms with Crippen molar-refractivity contribution in [2.24, 2.45) is 0 Å². The van der Waals surface area contributed by atoms with Crippen molar-refractivity contribution in [3.8, 4) is 11.4 Å². The zero-order valence-electron chi connectivity index (χ0n) is 73.3. The summed E-state index contributed by atoms with van der Waals surface area (Å²) in [6.45, 7) is 24.1. The van der Waals surface area contributed by atoms with Gasteiger partial charge in [-0.1, -0.05) is 164 Å². The molecule has 0 atom stereocenters. The highest BCUT2D eigenvalue weighted by molar-refractivity contribution is 7.00. The van der Waals surface area contributed by atoms with E-state index < -0.39 is 216 Å². The van der Waals surface area contributed by atoms with Crippen LogP contribution in [0.15, 0.2) is 162 Å². The molecule has 3 aromatic heterocycles. The standard InChI is InChI=1S/C74H71BN4O/c1-70(2,3)42-26-31-55-49(34-42)50-35-43(71(4,5)6)27-32-56(50)76(55)47-29-30-53-60(41-47)77(58-22-19-25-65-66(58)48-20-16-17-24-64(48)80-65)61-38-46(74(13,14)15)39-62-67(61)75(53)54-21-18-23-59-69(54)79(62)63-40-45(73(10,11)12)37-52-51-36-44(72(7,8)9)28-33-57(51)78(59)68(52)63/h16-41H,1-15H3/i16D,17D,18D,19D,20D,21D,22D,23D,24D,25D,26D,27D,28D,29D,30D,31D,32D,33D,34D,35D,36D,37D,38D,39D,40D,41D. The minimum atomic E-state index is -1.92. The number of hydrogen-bond donors (Lipinski definition) is 0. The van der Waals surface area contributed by atoms with Crippen LogP contribution in [0.25, 0.3) is 76.9 Å². The van der Waals surface area contributed by atoms with Gasteiger partial charge in [0, 0.05) is 49.7 Å². The fourth-order valence-corrected chi connectivity index (χ4v) is 11.5. The van der Waals surface area contributed by atoms with Crippen LogP contribution < -0.4 is 26.2 Å². The maximum Gasteiger partial charge on any atom is 0.252 e. The maximum absolute atomic E-state index is 11.4. The molecule has 15 rings (SSSR count). The molecule has 6 heterocycles. The molecule has 0 spiro atoms. The molecule has 0 saturated carbocycles. The molecule has 0 unspecified atom stereocenters. The van der Waals surface area contributed by atoms with E-state index in [1.54, 1.807) is 104 Å². The number of rotatable bonds is 2. The summed E-state index contributed by atoms with van der Waals surface area (Å²) in [5.74, 6) is 0. The first-order valence-corrected chi connectivity index (χ1v) is 27.0. The van der Waals surface area contributed by atoms with Gasteiger partial charge in [-0.05, 0) is 168 Å². The third-order valence-electron chi connectivity index (χ3n) is 15.7. The minimum absolute atomic E-state index is 0.00781. The topological polar surface area (TPSA) is 29.5 Å². The van der Waals surface area contributed by atoms with E-state index in [-0.39, 0.29) is 130 Å². The summed E-state index contributed by atoms with van der Waals surface area (Å²) in [6.07, 6.45) is 0. The Morgan fingerprint density at radius 3 is 1.48 bits per heavy atom. The molecule has 0 aliphatic carbocycles. The van der Waals surface area contributed by atoms with Gasteiger partial charge in [0.1, 0.15) is 11.2 Å². The Balaban J connectivity index is 1.27. The number of hydrogen-bond acceptors (Lipinski definition) is 3. The Hall–Kier alpha value is -7.96. The van der Waals surface area contributed by atoms with Gasteiger partial charge in [0.25, 0.3) is 6.71 Å². The van der Waals surface area contributed by atoms with Gasteiger partial charge in [0.2, 0.25) is 0 Å². The van der Waals surface area contributed by atoms with E-state index >= 15 is 0 Å². The highest BCUT2D eigenvalue weighted by atomic mass is 16.3. The predicted octanol–water partition coefficient (Wildman–Crippen LogP) is 18.7. The van der Waals surface area contributed by atoms with Crippen molar-refractivity contribution in [1.82, 2.24) is 9.13 Å². The van der Waals surface area contributed by atoms with E-state index in [0.29, 0.717) is 0 Å². The zero-order valence-corrected chi connectivity index (χ0v) is 47.3. The fourth-order valence-electron chi connectivity index (χ4n) is 11.5. The normalized spacial score (nSPS) is 18.9. The fraction of sp³-hybridized carbons (Fsp3) is 0.270. The van der Waals surface area contributed by atoms with E-state index in [1.165, 1.54) is 9.47 Å². The number of para-hydroxylation sites is 2. The van der Waals surface area contributed by atoms with Crippen LogP contribution in [0.4, 0.5) is 34.1 Å². The van der Waals surface area contributed by atoms with Crippen LogP contribution in [-0.4, -0.2) is 15.8 Å². The van der Waals surface area contributed by atoms with Crippen molar-refractivity contribution in [3.63, 3.8) is 0 Å². The van der Waals surface area contributed by atoms with Crippen molar-refractivity contribution in [3.05, 3.63) is 185 Å². The summed E-state index contributed by atoms with van der Waals surface area (Å²) in [6, 6.07) is -16.4. The molecule has 0 radical (unpaired) electrons. The van der Waals surface area contributed by atoms with Crippen molar-refractivity contribution in [1.29, 1.82) is 0 Å². The van der Waals surface area contributed by atoms with Gasteiger partial charge in [-0.3, -0.25) is 0 Å². The first kappa shape index (κ1) is 29.0. The Labute approximate surface area is 508 Å². The lowest BCUT2D eigenvalue weighted by Crippen LogP contribution is -2.62. The molecule has 0 bridgehead atoms. The molecule has 0 amide bonds. The summed E-state index contributed by atoms with van der Waals surface area (Å²) in [5, 5.41) is -1.33. The molecule has 0 saturated heterocycles. The molecule has 5 nitrogen and oxygen atoms in total. The van der Waals surface area contributed by atoms with Crippen LogP contribution in [0.2, 0.25) is 0 Å². The number of nitrogens with zero attached hydrogens (tertiary/aromatic N) is 4. The minimum Gasteiger partial charge on any atom is -0.456 e. The smallest absolute Gasteiger partial charge is 0.252 e. The summed E-state index contributed by atoms with van der Waals surface area (Å²) < 4.78 is 272. The highest BCUT2D eigenvalue weighted by Crippen LogP contribution is 2.55. The monoisotopic (exact) mass is 1070 g/mol. The Bertz CT molecular complexity index is 6180. The molecule has 6 heteroatoms.